The van der Waals surface area contributed by atoms with Crippen LogP contribution >= 0.6 is 23.2 Å². The molecule has 1 aromatic heterocycles. The van der Waals surface area contributed by atoms with Crippen molar-refractivity contribution >= 4 is 34.9 Å². The molecule has 2 aromatic carbocycles. The fourth-order valence-electron chi connectivity index (χ4n) is 2.22. The topological polar surface area (TPSA) is 82.7 Å². The van der Waals surface area contributed by atoms with Gasteiger partial charge in [0.2, 0.25) is 0 Å². The second kappa shape index (κ2) is 7.55. The van der Waals surface area contributed by atoms with Gasteiger partial charge in [-0.25, -0.2) is 9.78 Å². The van der Waals surface area contributed by atoms with Crippen molar-refractivity contribution in [3.8, 4) is 11.4 Å². The second-order valence-corrected chi connectivity index (χ2v) is 6.21. The van der Waals surface area contributed by atoms with Gasteiger partial charge >= 0.3 is 6.03 Å². The van der Waals surface area contributed by atoms with Crippen LogP contribution in [-0.4, -0.2) is 21.2 Å². The van der Waals surface area contributed by atoms with Crippen LogP contribution in [0.25, 0.3) is 11.4 Å². The van der Waals surface area contributed by atoms with E-state index < -0.39 is 0 Å². The molecule has 0 unspecified atom stereocenters. The van der Waals surface area contributed by atoms with E-state index in [1.54, 1.807) is 30.3 Å². The maximum absolute atomic E-state index is 12.1. The fraction of sp³-hybridized carbons (Fsp3) is 0.118. The van der Waals surface area contributed by atoms with Gasteiger partial charge in [-0.15, -0.1) is 0 Å². The molecule has 0 aliphatic heterocycles. The summed E-state index contributed by atoms with van der Waals surface area (Å²) in [5.74, 6) is 1.31. The summed E-state index contributed by atoms with van der Waals surface area (Å²) in [5, 5.41) is 13.5. The minimum Gasteiger partial charge on any atom is -0.334 e. The number of carbonyl (C=O) groups excluding carboxylic acids is 1. The first kappa shape index (κ1) is 17.3. The Bertz CT molecular complexity index is 910. The van der Waals surface area contributed by atoms with E-state index in [4.69, 9.17) is 23.2 Å². The van der Waals surface area contributed by atoms with Crippen molar-refractivity contribution in [3.05, 3.63) is 63.9 Å². The Morgan fingerprint density at radius 3 is 2.76 bits per heavy atom. The first-order valence-corrected chi connectivity index (χ1v) is 8.25. The number of nitrogens with one attached hydrogen (secondary N) is 3. The molecule has 3 aromatic rings. The van der Waals surface area contributed by atoms with Crippen molar-refractivity contribution in [3.63, 3.8) is 0 Å². The third kappa shape index (κ3) is 4.49. The Labute approximate surface area is 154 Å². The Morgan fingerprint density at radius 2 is 2.04 bits per heavy atom. The number of aromatic amines is 1. The van der Waals surface area contributed by atoms with Gasteiger partial charge in [0.15, 0.2) is 5.82 Å². The van der Waals surface area contributed by atoms with Crippen molar-refractivity contribution in [2.45, 2.75) is 13.5 Å². The minimum absolute atomic E-state index is 0.293. The zero-order valence-corrected chi connectivity index (χ0v) is 14.8. The summed E-state index contributed by atoms with van der Waals surface area (Å²) in [6.45, 7) is 2.12. The smallest absolute Gasteiger partial charge is 0.319 e. The number of anilines is 1. The molecule has 0 saturated carbocycles. The van der Waals surface area contributed by atoms with Crippen molar-refractivity contribution in [1.82, 2.24) is 20.5 Å². The highest BCUT2D eigenvalue weighted by molar-refractivity contribution is 6.35. The van der Waals surface area contributed by atoms with Crippen LogP contribution in [0, 0.1) is 6.92 Å². The van der Waals surface area contributed by atoms with Crippen LogP contribution in [0.2, 0.25) is 10.0 Å². The molecule has 3 rings (SSSR count). The monoisotopic (exact) mass is 375 g/mol. The van der Waals surface area contributed by atoms with Gasteiger partial charge in [-0.1, -0.05) is 41.4 Å². The molecule has 0 saturated heterocycles. The molecule has 0 atom stereocenters. The van der Waals surface area contributed by atoms with Crippen LogP contribution in [-0.2, 0) is 6.54 Å². The Balaban J connectivity index is 1.63. The zero-order valence-electron chi connectivity index (χ0n) is 13.3. The second-order valence-electron chi connectivity index (χ2n) is 5.37. The van der Waals surface area contributed by atoms with Gasteiger partial charge in [0, 0.05) is 27.8 Å². The standard InChI is InChI=1S/C17H15Cl2N5O/c1-10-21-16(24-23-10)11-3-2-4-14(7-11)22-17(25)20-9-12-5-6-13(18)8-15(12)19/h2-8H,9H2,1H3,(H2,20,22,25)(H,21,23,24). The maximum Gasteiger partial charge on any atom is 0.319 e. The number of rotatable bonds is 4. The van der Waals surface area contributed by atoms with Gasteiger partial charge < -0.3 is 10.6 Å². The lowest BCUT2D eigenvalue weighted by atomic mass is 10.2. The van der Waals surface area contributed by atoms with Gasteiger partial charge in [0.1, 0.15) is 5.82 Å². The van der Waals surface area contributed by atoms with Crippen LogP contribution < -0.4 is 10.6 Å². The van der Waals surface area contributed by atoms with Crippen molar-refractivity contribution in [1.29, 1.82) is 0 Å². The Morgan fingerprint density at radius 1 is 1.20 bits per heavy atom. The van der Waals surface area contributed by atoms with E-state index in [2.05, 4.69) is 25.8 Å². The SMILES string of the molecule is Cc1nc(-c2cccc(NC(=O)NCc3ccc(Cl)cc3Cl)c2)n[nH]1. The number of urea groups is 1. The minimum atomic E-state index is -0.339. The fourth-order valence-corrected chi connectivity index (χ4v) is 2.70. The number of aryl methyl sites for hydroxylation is 1. The van der Waals surface area contributed by atoms with Crippen LogP contribution in [0.15, 0.2) is 42.5 Å². The van der Waals surface area contributed by atoms with Crippen LogP contribution in [0.3, 0.4) is 0 Å². The van der Waals surface area contributed by atoms with Crippen molar-refractivity contribution < 1.29 is 4.79 Å². The predicted octanol–water partition coefficient (Wildman–Crippen LogP) is 4.41. The number of amides is 2. The van der Waals surface area contributed by atoms with Crippen LogP contribution in [0.5, 0.6) is 0 Å². The van der Waals surface area contributed by atoms with Crippen LogP contribution in [0.4, 0.5) is 10.5 Å². The molecule has 0 spiro atoms. The summed E-state index contributed by atoms with van der Waals surface area (Å²) >= 11 is 11.9. The number of benzene rings is 2. The molecular formula is C17H15Cl2N5O. The highest BCUT2D eigenvalue weighted by Crippen LogP contribution is 2.21. The summed E-state index contributed by atoms with van der Waals surface area (Å²) in [6, 6.07) is 12.1. The third-order valence-corrected chi connectivity index (χ3v) is 4.02. The van der Waals surface area contributed by atoms with E-state index in [-0.39, 0.29) is 6.03 Å². The third-order valence-electron chi connectivity index (χ3n) is 3.43. The molecule has 0 aliphatic rings. The average molecular weight is 376 g/mol. The van der Waals surface area contributed by atoms with Gasteiger partial charge in [0.05, 0.1) is 0 Å². The van der Waals surface area contributed by atoms with E-state index in [0.717, 1.165) is 17.0 Å². The molecule has 8 heteroatoms. The molecule has 0 radical (unpaired) electrons. The first-order valence-electron chi connectivity index (χ1n) is 7.49. The largest absolute Gasteiger partial charge is 0.334 e. The number of aromatic nitrogens is 3. The van der Waals surface area contributed by atoms with E-state index >= 15 is 0 Å². The summed E-state index contributed by atoms with van der Waals surface area (Å²) < 4.78 is 0. The van der Waals surface area contributed by atoms with Crippen molar-refractivity contribution in [2.24, 2.45) is 0 Å². The number of halogens is 2. The predicted molar refractivity (Wildman–Crippen MR) is 98.9 cm³/mol. The lowest BCUT2D eigenvalue weighted by molar-refractivity contribution is 0.252. The molecule has 25 heavy (non-hydrogen) atoms. The molecular weight excluding hydrogens is 361 g/mol. The zero-order chi connectivity index (χ0) is 17.8. The van der Waals surface area contributed by atoms with Gasteiger partial charge in [-0.05, 0) is 36.8 Å². The first-order chi connectivity index (χ1) is 12.0. The van der Waals surface area contributed by atoms with Gasteiger partial charge in [-0.2, -0.15) is 5.10 Å². The summed E-state index contributed by atoms with van der Waals surface area (Å²) in [5.41, 5.74) is 2.23. The number of hydrogen-bond donors (Lipinski definition) is 3. The van der Waals surface area contributed by atoms with Gasteiger partial charge in [0.25, 0.3) is 0 Å². The lowest BCUT2D eigenvalue weighted by Gasteiger charge is -2.09. The number of nitrogens with zero attached hydrogens (tertiary/aromatic N) is 2. The number of hydrogen-bond acceptors (Lipinski definition) is 3. The van der Waals surface area contributed by atoms with E-state index in [0.29, 0.717) is 28.1 Å². The van der Waals surface area contributed by atoms with E-state index in [1.807, 2.05) is 19.1 Å². The Hall–Kier alpha value is -2.57. The average Bonchev–Trinajstić information content (AvgIpc) is 3.01. The quantitative estimate of drug-likeness (QED) is 0.631. The summed E-state index contributed by atoms with van der Waals surface area (Å²) in [4.78, 5) is 16.4. The lowest BCUT2D eigenvalue weighted by Crippen LogP contribution is -2.28. The van der Waals surface area contributed by atoms with Crippen molar-refractivity contribution in [2.75, 3.05) is 5.32 Å². The Kier molecular flexibility index (Phi) is 5.21. The molecule has 1 heterocycles. The summed E-state index contributed by atoms with van der Waals surface area (Å²) in [7, 11) is 0. The summed E-state index contributed by atoms with van der Waals surface area (Å²) in [6.07, 6.45) is 0. The number of H-pyrrole nitrogens is 1. The molecule has 3 N–H and O–H groups in total. The molecule has 0 bridgehead atoms. The molecule has 6 nitrogen and oxygen atoms in total. The maximum atomic E-state index is 12.1. The molecule has 2 amide bonds. The molecule has 128 valence electrons. The molecule has 0 aliphatic carbocycles. The molecule has 0 fully saturated rings. The highest BCUT2D eigenvalue weighted by Gasteiger charge is 2.08. The van der Waals surface area contributed by atoms with E-state index in [9.17, 15) is 4.79 Å². The normalized spacial score (nSPS) is 10.5. The number of carbonyl (C=O) groups is 1. The van der Waals surface area contributed by atoms with E-state index in [1.165, 1.54) is 0 Å². The highest BCUT2D eigenvalue weighted by atomic mass is 35.5. The van der Waals surface area contributed by atoms with Gasteiger partial charge in [-0.3, -0.25) is 5.10 Å². The van der Waals surface area contributed by atoms with Crippen LogP contribution in [0.1, 0.15) is 11.4 Å².